The van der Waals surface area contributed by atoms with E-state index in [0.717, 1.165) is 43.0 Å². The van der Waals surface area contributed by atoms with E-state index in [9.17, 15) is 4.79 Å². The molecule has 28 heavy (non-hydrogen) atoms. The van der Waals surface area contributed by atoms with Gasteiger partial charge in [-0.2, -0.15) is 4.52 Å². The van der Waals surface area contributed by atoms with E-state index in [1.165, 1.54) is 0 Å². The van der Waals surface area contributed by atoms with E-state index in [0.29, 0.717) is 5.02 Å². The van der Waals surface area contributed by atoms with Crippen LogP contribution in [0.4, 0.5) is 5.82 Å². The molecule has 1 saturated heterocycles. The first kappa shape index (κ1) is 18.7. The Hall–Kier alpha value is -2.67. The van der Waals surface area contributed by atoms with Gasteiger partial charge in [0.2, 0.25) is 5.91 Å². The molecule has 1 aliphatic rings. The van der Waals surface area contributed by atoms with E-state index in [-0.39, 0.29) is 17.9 Å². The second kappa shape index (κ2) is 7.75. The number of hydrogen-bond donors (Lipinski definition) is 0. The Morgan fingerprint density at radius 3 is 2.61 bits per heavy atom. The Kier molecular flexibility index (Phi) is 5.17. The zero-order chi connectivity index (χ0) is 19.7. The Balaban J connectivity index is 1.38. The van der Waals surface area contributed by atoms with Crippen molar-refractivity contribution in [2.75, 3.05) is 25.0 Å². The predicted molar refractivity (Wildman–Crippen MR) is 108 cm³/mol. The summed E-state index contributed by atoms with van der Waals surface area (Å²) in [6.07, 6.45) is 3.24. The molecule has 0 spiro atoms. The van der Waals surface area contributed by atoms with Gasteiger partial charge in [0.15, 0.2) is 5.65 Å². The quantitative estimate of drug-likeness (QED) is 0.675. The summed E-state index contributed by atoms with van der Waals surface area (Å²) in [5.41, 5.74) is 1.82. The first-order chi connectivity index (χ1) is 13.5. The largest absolute Gasteiger partial charge is 0.355 e. The lowest BCUT2D eigenvalue weighted by Gasteiger charge is -2.35. The first-order valence-electron chi connectivity index (χ1n) is 9.47. The molecule has 0 saturated carbocycles. The molecule has 0 aliphatic carbocycles. The maximum Gasteiger partial charge on any atom is 0.226 e. The minimum atomic E-state index is 0.0145. The third kappa shape index (κ3) is 3.67. The fourth-order valence-electron chi connectivity index (χ4n) is 3.69. The van der Waals surface area contributed by atoms with Crippen LogP contribution in [0.5, 0.6) is 0 Å². The predicted octanol–water partition coefficient (Wildman–Crippen LogP) is 3.21. The van der Waals surface area contributed by atoms with Crippen molar-refractivity contribution in [3.8, 4) is 0 Å². The van der Waals surface area contributed by atoms with E-state index < -0.39 is 0 Å². The van der Waals surface area contributed by atoms with Gasteiger partial charge in [0.1, 0.15) is 12.1 Å². The highest BCUT2D eigenvalue weighted by atomic mass is 35.5. The first-order valence-corrected chi connectivity index (χ1v) is 9.85. The number of carbonyl (C=O) groups is 1. The molecule has 1 atom stereocenters. The molecule has 8 heteroatoms. The Morgan fingerprint density at radius 1 is 1.18 bits per heavy atom. The van der Waals surface area contributed by atoms with Crippen molar-refractivity contribution in [2.45, 2.75) is 25.8 Å². The molecule has 0 radical (unpaired) electrons. The zero-order valence-corrected chi connectivity index (χ0v) is 16.8. The van der Waals surface area contributed by atoms with Crippen LogP contribution in [0.1, 0.15) is 31.4 Å². The topological polar surface area (TPSA) is 66.6 Å². The second-order valence-electron chi connectivity index (χ2n) is 7.26. The Bertz CT molecular complexity index is 964. The number of nitrogens with zero attached hydrogens (tertiary/aromatic N) is 6. The highest BCUT2D eigenvalue weighted by Crippen LogP contribution is 2.27. The summed E-state index contributed by atoms with van der Waals surface area (Å²) in [6.45, 7) is 3.66. The van der Waals surface area contributed by atoms with E-state index in [4.69, 9.17) is 11.6 Å². The summed E-state index contributed by atoms with van der Waals surface area (Å²) in [5, 5.41) is 13.1. The number of rotatable bonds is 4. The van der Waals surface area contributed by atoms with E-state index in [1.807, 2.05) is 48.3 Å². The molecule has 4 rings (SSSR count). The molecule has 1 aliphatic heterocycles. The smallest absolute Gasteiger partial charge is 0.226 e. The van der Waals surface area contributed by atoms with Gasteiger partial charge in [-0.15, -0.1) is 15.3 Å². The molecule has 1 amide bonds. The summed E-state index contributed by atoms with van der Waals surface area (Å²) in [4.78, 5) is 17.1. The molecule has 7 nitrogen and oxygen atoms in total. The number of benzene rings is 1. The lowest BCUT2D eigenvalue weighted by Crippen LogP contribution is -2.42. The molecule has 1 aromatic carbocycles. The van der Waals surface area contributed by atoms with Crippen molar-refractivity contribution in [2.24, 2.45) is 5.92 Å². The van der Waals surface area contributed by atoms with Gasteiger partial charge in [0, 0.05) is 31.1 Å². The standard InChI is InChI=1S/C20H23ClN6O/c1-14(15-3-5-17(21)6-4-15)25(2)20(28)16-9-11-26(12-10-16)19-8-7-18-23-22-13-27(18)24-19/h3-8,13-14,16H,9-12H2,1-2H3. The van der Waals surface area contributed by atoms with Gasteiger partial charge in [0.25, 0.3) is 0 Å². The fourth-order valence-corrected chi connectivity index (χ4v) is 3.81. The molecule has 3 heterocycles. The van der Waals surface area contributed by atoms with E-state index in [2.05, 4.69) is 27.1 Å². The number of piperidine rings is 1. The number of hydrogen-bond acceptors (Lipinski definition) is 5. The minimum Gasteiger partial charge on any atom is -0.355 e. The normalized spacial score (nSPS) is 16.3. The molecule has 1 fully saturated rings. The summed E-state index contributed by atoms with van der Waals surface area (Å²) in [7, 11) is 1.88. The molecular weight excluding hydrogens is 376 g/mol. The number of anilines is 1. The van der Waals surface area contributed by atoms with E-state index >= 15 is 0 Å². The maximum atomic E-state index is 13.0. The van der Waals surface area contributed by atoms with Crippen molar-refractivity contribution in [1.82, 2.24) is 24.7 Å². The molecular formula is C20H23ClN6O. The van der Waals surface area contributed by atoms with Crippen LogP contribution in [0.15, 0.2) is 42.7 Å². The van der Waals surface area contributed by atoms with Gasteiger partial charge >= 0.3 is 0 Å². The zero-order valence-electron chi connectivity index (χ0n) is 16.0. The highest BCUT2D eigenvalue weighted by molar-refractivity contribution is 6.30. The van der Waals surface area contributed by atoms with E-state index in [1.54, 1.807) is 10.8 Å². The number of carbonyl (C=O) groups excluding carboxylic acids is 1. The van der Waals surface area contributed by atoms with Gasteiger partial charge in [-0.1, -0.05) is 23.7 Å². The van der Waals surface area contributed by atoms with Gasteiger partial charge < -0.3 is 9.80 Å². The number of amides is 1. The lowest BCUT2D eigenvalue weighted by atomic mass is 9.94. The monoisotopic (exact) mass is 398 g/mol. The summed E-state index contributed by atoms with van der Waals surface area (Å²) in [6, 6.07) is 11.6. The SMILES string of the molecule is CC(c1ccc(Cl)cc1)N(C)C(=O)C1CCN(c2ccc3nncn3n2)CC1. The second-order valence-corrected chi connectivity index (χ2v) is 7.70. The van der Waals surface area contributed by atoms with Crippen LogP contribution in [0.2, 0.25) is 5.02 Å². The van der Waals surface area contributed by atoms with Gasteiger partial charge in [-0.05, 0) is 49.6 Å². The number of fused-ring (bicyclic) bond motifs is 1. The van der Waals surface area contributed by atoms with Crippen molar-refractivity contribution in [1.29, 1.82) is 0 Å². The van der Waals surface area contributed by atoms with Crippen LogP contribution in [0.3, 0.4) is 0 Å². The highest BCUT2D eigenvalue weighted by Gasteiger charge is 2.30. The average molecular weight is 399 g/mol. The van der Waals surface area contributed by atoms with Crippen molar-refractivity contribution in [3.63, 3.8) is 0 Å². The van der Waals surface area contributed by atoms with Gasteiger partial charge in [-0.3, -0.25) is 4.79 Å². The van der Waals surface area contributed by atoms with Crippen LogP contribution in [0.25, 0.3) is 5.65 Å². The molecule has 0 N–H and O–H groups in total. The third-order valence-electron chi connectivity index (χ3n) is 5.60. The fraction of sp³-hybridized carbons (Fsp3) is 0.400. The molecule has 1 unspecified atom stereocenters. The maximum absolute atomic E-state index is 13.0. The third-order valence-corrected chi connectivity index (χ3v) is 5.85. The molecule has 146 valence electrons. The minimum absolute atomic E-state index is 0.0145. The number of halogens is 1. The molecule has 0 bridgehead atoms. The average Bonchev–Trinajstić information content (AvgIpc) is 3.21. The van der Waals surface area contributed by atoms with Gasteiger partial charge in [0.05, 0.1) is 6.04 Å². The summed E-state index contributed by atoms with van der Waals surface area (Å²) >= 11 is 5.97. The summed E-state index contributed by atoms with van der Waals surface area (Å²) < 4.78 is 1.67. The Morgan fingerprint density at radius 2 is 1.89 bits per heavy atom. The van der Waals surface area contributed by atoms with Crippen LogP contribution in [-0.4, -0.2) is 50.8 Å². The summed E-state index contributed by atoms with van der Waals surface area (Å²) in [5.74, 6) is 1.13. The van der Waals surface area contributed by atoms with Crippen molar-refractivity contribution in [3.05, 3.63) is 53.3 Å². The van der Waals surface area contributed by atoms with Crippen LogP contribution in [-0.2, 0) is 4.79 Å². The van der Waals surface area contributed by atoms with Crippen LogP contribution >= 0.6 is 11.6 Å². The van der Waals surface area contributed by atoms with Crippen molar-refractivity contribution < 1.29 is 4.79 Å². The van der Waals surface area contributed by atoms with Crippen molar-refractivity contribution >= 4 is 29.0 Å². The number of aromatic nitrogens is 4. The lowest BCUT2D eigenvalue weighted by molar-refractivity contribution is -0.136. The van der Waals surface area contributed by atoms with Gasteiger partial charge in [-0.25, -0.2) is 0 Å². The van der Waals surface area contributed by atoms with Crippen LogP contribution < -0.4 is 4.90 Å². The molecule has 2 aromatic heterocycles. The Labute approximate surface area is 168 Å². The van der Waals surface area contributed by atoms with Crippen LogP contribution in [0, 0.1) is 5.92 Å². The molecule has 3 aromatic rings.